The Bertz CT molecular complexity index is 951. The van der Waals surface area contributed by atoms with Crippen LogP contribution in [0, 0.1) is 0 Å². The molecule has 2 aliphatic rings. The molecule has 0 radical (unpaired) electrons. The van der Waals surface area contributed by atoms with Crippen molar-refractivity contribution < 1.29 is 14.6 Å². The molecule has 1 atom stereocenters. The predicted molar refractivity (Wildman–Crippen MR) is 119 cm³/mol. The minimum absolute atomic E-state index is 0.171. The van der Waals surface area contributed by atoms with Gasteiger partial charge in [-0.25, -0.2) is 4.99 Å². The van der Waals surface area contributed by atoms with E-state index in [1.165, 1.54) is 0 Å². The molecule has 4 rings (SSSR count). The molecule has 0 aliphatic carbocycles. The number of hydrogen-bond acceptors (Lipinski definition) is 5. The summed E-state index contributed by atoms with van der Waals surface area (Å²) in [6.07, 6.45) is 2.13. The first kappa shape index (κ1) is 20.9. The Kier molecular flexibility index (Phi) is 5.60. The molecule has 2 aromatic carbocycles. The molecule has 2 heterocycles. The zero-order valence-electron chi connectivity index (χ0n) is 18.4. The smallest absolute Gasteiger partial charge is 0.188 e. The van der Waals surface area contributed by atoms with Crippen molar-refractivity contribution in [1.82, 2.24) is 4.90 Å². The Morgan fingerprint density at radius 3 is 2.60 bits per heavy atom. The lowest BCUT2D eigenvalue weighted by molar-refractivity contribution is 0.0657. The summed E-state index contributed by atoms with van der Waals surface area (Å²) in [7, 11) is 4.12. The second-order valence-electron chi connectivity index (χ2n) is 9.33. The van der Waals surface area contributed by atoms with E-state index in [1.54, 1.807) is 0 Å². The van der Waals surface area contributed by atoms with Gasteiger partial charge in [0.15, 0.2) is 5.90 Å². The molecule has 0 fully saturated rings. The molecule has 0 spiro atoms. The maximum atomic E-state index is 12.1. The number of ether oxygens (including phenoxy) is 2. The number of aliphatic imine (C=N–C) groups is 1. The van der Waals surface area contributed by atoms with Gasteiger partial charge in [-0.3, -0.25) is 0 Å². The highest BCUT2D eigenvalue weighted by Gasteiger charge is 2.38. The molecule has 0 saturated carbocycles. The summed E-state index contributed by atoms with van der Waals surface area (Å²) in [5, 5.41) is 12.1. The van der Waals surface area contributed by atoms with Crippen LogP contribution in [0.5, 0.6) is 5.75 Å². The van der Waals surface area contributed by atoms with Gasteiger partial charge in [-0.05, 0) is 76.2 Å². The van der Waals surface area contributed by atoms with Crippen molar-refractivity contribution in [2.75, 3.05) is 27.2 Å². The maximum absolute atomic E-state index is 12.1. The average molecular weight is 409 g/mol. The Hall–Kier alpha value is -2.37. The lowest BCUT2D eigenvalue weighted by Gasteiger charge is -2.31. The van der Waals surface area contributed by atoms with Gasteiger partial charge < -0.3 is 19.5 Å². The van der Waals surface area contributed by atoms with Crippen LogP contribution >= 0.6 is 0 Å². The van der Waals surface area contributed by atoms with Crippen LogP contribution in [0.15, 0.2) is 47.5 Å². The van der Waals surface area contributed by atoms with Gasteiger partial charge in [-0.2, -0.15) is 0 Å². The Morgan fingerprint density at radius 1 is 1.07 bits per heavy atom. The maximum Gasteiger partial charge on any atom is 0.188 e. The quantitative estimate of drug-likeness (QED) is 0.788. The van der Waals surface area contributed by atoms with E-state index in [4.69, 9.17) is 9.47 Å². The Morgan fingerprint density at radius 2 is 1.87 bits per heavy atom. The van der Waals surface area contributed by atoms with Gasteiger partial charge in [0.2, 0.25) is 0 Å². The third-order valence-corrected chi connectivity index (χ3v) is 5.85. The van der Waals surface area contributed by atoms with E-state index in [-0.39, 0.29) is 5.54 Å². The molecule has 30 heavy (non-hydrogen) atoms. The van der Waals surface area contributed by atoms with E-state index in [0.717, 1.165) is 46.9 Å². The van der Waals surface area contributed by atoms with Crippen LogP contribution in [0.25, 0.3) is 0 Å². The molecular weight excluding hydrogens is 376 g/mol. The first-order chi connectivity index (χ1) is 14.3. The van der Waals surface area contributed by atoms with Crippen molar-refractivity contribution in [3.05, 3.63) is 64.7 Å². The average Bonchev–Trinajstić information content (AvgIpc) is 2.98. The monoisotopic (exact) mass is 408 g/mol. The first-order valence-electron chi connectivity index (χ1n) is 10.7. The summed E-state index contributed by atoms with van der Waals surface area (Å²) in [4.78, 5) is 6.83. The standard InChI is InChI=1S/C25H32N2O3/c1-24(2)17-30-23(26-24)15-18-10-11-22-21(14-18)25(28,12-7-13-27(3)4)20-9-6-5-8-19(20)16-29-22/h5-6,8-11,14,28H,7,12-13,15-17H2,1-4H3. The number of aliphatic hydroxyl groups is 1. The van der Waals surface area contributed by atoms with E-state index >= 15 is 0 Å². The number of hydrogen-bond donors (Lipinski definition) is 1. The zero-order chi connectivity index (χ0) is 21.4. The summed E-state index contributed by atoms with van der Waals surface area (Å²) in [6, 6.07) is 14.2. The van der Waals surface area contributed by atoms with E-state index in [0.29, 0.717) is 26.1 Å². The molecule has 160 valence electrons. The highest BCUT2D eigenvalue weighted by molar-refractivity contribution is 5.80. The fraction of sp³-hybridized carbons (Fsp3) is 0.480. The second-order valence-corrected chi connectivity index (χ2v) is 9.33. The summed E-state index contributed by atoms with van der Waals surface area (Å²) in [5.74, 6) is 1.50. The summed E-state index contributed by atoms with van der Waals surface area (Å²) < 4.78 is 11.9. The van der Waals surface area contributed by atoms with Gasteiger partial charge in [-0.15, -0.1) is 0 Å². The first-order valence-corrected chi connectivity index (χ1v) is 10.7. The van der Waals surface area contributed by atoms with Crippen LogP contribution in [0.1, 0.15) is 48.9 Å². The molecule has 1 N–H and O–H groups in total. The highest BCUT2D eigenvalue weighted by Crippen LogP contribution is 2.44. The van der Waals surface area contributed by atoms with E-state index in [2.05, 4.69) is 43.9 Å². The summed E-state index contributed by atoms with van der Waals surface area (Å²) >= 11 is 0. The molecule has 0 amide bonds. The van der Waals surface area contributed by atoms with Crippen LogP contribution < -0.4 is 4.74 Å². The van der Waals surface area contributed by atoms with Crippen LogP contribution in [0.2, 0.25) is 0 Å². The normalized spacial score (nSPS) is 21.9. The van der Waals surface area contributed by atoms with Crippen LogP contribution in [-0.2, 0) is 23.4 Å². The largest absolute Gasteiger partial charge is 0.488 e. The molecule has 1 unspecified atom stereocenters. The number of nitrogens with zero attached hydrogens (tertiary/aromatic N) is 2. The lowest BCUT2D eigenvalue weighted by Crippen LogP contribution is -2.29. The molecule has 5 heteroatoms. The van der Waals surface area contributed by atoms with Gasteiger partial charge >= 0.3 is 0 Å². The molecule has 0 bridgehead atoms. The van der Waals surface area contributed by atoms with Gasteiger partial charge in [0.05, 0.1) is 5.54 Å². The molecule has 0 saturated heterocycles. The SMILES string of the molecule is CN(C)CCCC1(O)c2ccccc2COc2ccc(CC3=NC(C)(C)CO3)cc21. The lowest BCUT2D eigenvalue weighted by atomic mass is 9.80. The van der Waals surface area contributed by atoms with Gasteiger partial charge in [0.1, 0.15) is 24.6 Å². The van der Waals surface area contributed by atoms with Crippen LogP contribution in [-0.4, -0.2) is 48.7 Å². The van der Waals surface area contributed by atoms with Crippen molar-refractivity contribution in [1.29, 1.82) is 0 Å². The van der Waals surface area contributed by atoms with Crippen LogP contribution in [0.3, 0.4) is 0 Å². The summed E-state index contributed by atoms with van der Waals surface area (Å²) in [5.41, 5.74) is 2.62. The van der Waals surface area contributed by atoms with Gasteiger partial charge in [0, 0.05) is 12.0 Å². The highest BCUT2D eigenvalue weighted by atomic mass is 16.5. The van der Waals surface area contributed by atoms with Gasteiger partial charge in [0.25, 0.3) is 0 Å². The minimum Gasteiger partial charge on any atom is -0.488 e. The predicted octanol–water partition coefficient (Wildman–Crippen LogP) is 3.91. The third-order valence-electron chi connectivity index (χ3n) is 5.85. The third kappa shape index (κ3) is 4.23. The van der Waals surface area contributed by atoms with Crippen molar-refractivity contribution in [2.45, 2.75) is 50.9 Å². The second kappa shape index (κ2) is 8.05. The van der Waals surface area contributed by atoms with Crippen molar-refractivity contribution >= 4 is 5.90 Å². The number of fused-ring (bicyclic) bond motifs is 2. The van der Waals surface area contributed by atoms with Gasteiger partial charge in [-0.1, -0.05) is 30.3 Å². The molecule has 0 aromatic heterocycles. The van der Waals surface area contributed by atoms with Crippen LogP contribution in [0.4, 0.5) is 0 Å². The summed E-state index contributed by atoms with van der Waals surface area (Å²) in [6.45, 7) is 6.14. The van der Waals surface area contributed by atoms with E-state index in [1.807, 2.05) is 36.4 Å². The molecule has 5 nitrogen and oxygen atoms in total. The fourth-order valence-corrected chi connectivity index (χ4v) is 4.33. The van der Waals surface area contributed by atoms with Crippen molar-refractivity contribution in [3.8, 4) is 5.75 Å². The van der Waals surface area contributed by atoms with Crippen molar-refractivity contribution in [2.24, 2.45) is 4.99 Å². The van der Waals surface area contributed by atoms with Crippen molar-refractivity contribution in [3.63, 3.8) is 0 Å². The topological polar surface area (TPSA) is 54.3 Å². The Labute approximate surface area is 179 Å². The molecule has 2 aromatic rings. The minimum atomic E-state index is -1.09. The van der Waals surface area contributed by atoms with E-state index in [9.17, 15) is 5.11 Å². The fourth-order valence-electron chi connectivity index (χ4n) is 4.33. The molecule has 2 aliphatic heterocycles. The number of rotatable bonds is 6. The number of benzene rings is 2. The molecular formula is C25H32N2O3. The Balaban J connectivity index is 1.72. The van der Waals surface area contributed by atoms with E-state index < -0.39 is 5.60 Å². The zero-order valence-corrected chi connectivity index (χ0v) is 18.4.